The zero-order chi connectivity index (χ0) is 12.8. The van der Waals surface area contributed by atoms with Gasteiger partial charge in [0.05, 0.1) is 0 Å². The van der Waals surface area contributed by atoms with Crippen LogP contribution < -0.4 is 5.32 Å². The molecule has 0 aliphatic rings. The Hall–Kier alpha value is -0.490. The minimum atomic E-state index is -0.801. The second-order valence-electron chi connectivity index (χ2n) is 4.03. The molecule has 1 N–H and O–H groups in total. The summed E-state index contributed by atoms with van der Waals surface area (Å²) in [6.07, 6.45) is 3.59. The lowest BCUT2D eigenvalue weighted by atomic mass is 10.3. The van der Waals surface area contributed by atoms with E-state index in [9.17, 15) is 4.21 Å². The third kappa shape index (κ3) is 5.59. The number of anilines is 1. The highest BCUT2D eigenvalue weighted by Crippen LogP contribution is 2.14. The predicted octanol–water partition coefficient (Wildman–Crippen LogP) is 2.37. The largest absolute Gasteiger partial charge is 0.367 e. The van der Waals surface area contributed by atoms with Crippen LogP contribution in [0.25, 0.3) is 0 Å². The molecule has 1 aromatic heterocycles. The van der Waals surface area contributed by atoms with Crippen LogP contribution in [0.2, 0.25) is 0 Å². The van der Waals surface area contributed by atoms with Gasteiger partial charge in [-0.1, -0.05) is 6.92 Å². The van der Waals surface area contributed by atoms with Crippen LogP contribution in [0.5, 0.6) is 0 Å². The van der Waals surface area contributed by atoms with E-state index in [1.54, 1.807) is 6.26 Å². The Morgan fingerprint density at radius 2 is 2.24 bits per heavy atom. The van der Waals surface area contributed by atoms with E-state index in [0.717, 1.165) is 29.1 Å². The van der Waals surface area contributed by atoms with Crippen molar-refractivity contribution in [1.29, 1.82) is 0 Å². The van der Waals surface area contributed by atoms with Crippen molar-refractivity contribution in [3.63, 3.8) is 0 Å². The highest BCUT2D eigenvalue weighted by Gasteiger charge is 2.07. The summed E-state index contributed by atoms with van der Waals surface area (Å²) >= 11 is 3.37. The third-order valence-electron chi connectivity index (χ3n) is 2.09. The first-order valence-corrected chi connectivity index (χ1v) is 8.13. The summed E-state index contributed by atoms with van der Waals surface area (Å²) in [5, 5.41) is 3.24. The van der Waals surface area contributed by atoms with Crippen LogP contribution in [0.4, 0.5) is 5.82 Å². The second kappa shape index (κ2) is 7.06. The molecule has 6 heteroatoms. The predicted molar refractivity (Wildman–Crippen MR) is 75.7 cm³/mol. The summed E-state index contributed by atoms with van der Waals surface area (Å²) in [4.78, 5) is 8.72. The molecule has 1 aromatic rings. The lowest BCUT2D eigenvalue weighted by Crippen LogP contribution is -2.23. The molecular weight excluding hydrogens is 302 g/mol. The van der Waals surface area contributed by atoms with E-state index in [1.807, 2.05) is 13.0 Å². The molecule has 0 fully saturated rings. The van der Waals surface area contributed by atoms with Crippen LogP contribution in [0, 0.1) is 0 Å². The van der Waals surface area contributed by atoms with Crippen molar-refractivity contribution < 1.29 is 4.21 Å². The van der Waals surface area contributed by atoms with Crippen molar-refractivity contribution in [2.75, 3.05) is 17.3 Å². The van der Waals surface area contributed by atoms with Crippen molar-refractivity contribution >= 4 is 32.5 Å². The van der Waals surface area contributed by atoms with Crippen molar-refractivity contribution in [2.24, 2.45) is 0 Å². The maximum absolute atomic E-state index is 11.1. The smallest absolute Gasteiger partial charge is 0.132 e. The standard InChI is InChI=1S/C11H18BrN3OS/c1-4-5-10-14-9(12)6-11(15-10)13-8(2)7-17(3)16/h6,8H,4-5,7H2,1-3H3,(H,13,14,15). The molecule has 1 rings (SSSR count). The maximum Gasteiger partial charge on any atom is 0.132 e. The topological polar surface area (TPSA) is 54.9 Å². The quantitative estimate of drug-likeness (QED) is 0.818. The molecule has 0 amide bonds. The van der Waals surface area contributed by atoms with E-state index in [-0.39, 0.29) is 6.04 Å². The van der Waals surface area contributed by atoms with Crippen LogP contribution in [0.3, 0.4) is 0 Å². The van der Waals surface area contributed by atoms with E-state index >= 15 is 0 Å². The molecule has 0 spiro atoms. The normalized spacial score (nSPS) is 14.4. The van der Waals surface area contributed by atoms with Gasteiger partial charge in [-0.2, -0.15) is 0 Å². The maximum atomic E-state index is 11.1. The summed E-state index contributed by atoms with van der Waals surface area (Å²) in [5.74, 6) is 2.23. The number of hydrogen-bond donors (Lipinski definition) is 1. The van der Waals surface area contributed by atoms with Gasteiger partial charge in [0, 0.05) is 41.3 Å². The average Bonchev–Trinajstić information content (AvgIpc) is 2.14. The molecule has 17 heavy (non-hydrogen) atoms. The summed E-state index contributed by atoms with van der Waals surface area (Å²) in [5.41, 5.74) is 0. The number of hydrogen-bond acceptors (Lipinski definition) is 4. The Balaban J connectivity index is 2.72. The van der Waals surface area contributed by atoms with E-state index in [0.29, 0.717) is 5.75 Å². The molecule has 0 aliphatic heterocycles. The van der Waals surface area contributed by atoms with Crippen LogP contribution in [-0.2, 0) is 17.2 Å². The van der Waals surface area contributed by atoms with Gasteiger partial charge in [0.1, 0.15) is 16.2 Å². The van der Waals surface area contributed by atoms with Crippen molar-refractivity contribution in [3.8, 4) is 0 Å². The molecular formula is C11H18BrN3OS. The number of rotatable bonds is 6. The highest BCUT2D eigenvalue weighted by molar-refractivity contribution is 9.10. The van der Waals surface area contributed by atoms with E-state index in [1.165, 1.54) is 0 Å². The minimum absolute atomic E-state index is 0.136. The van der Waals surface area contributed by atoms with E-state index < -0.39 is 10.8 Å². The molecule has 0 radical (unpaired) electrons. The van der Waals surface area contributed by atoms with Gasteiger partial charge >= 0.3 is 0 Å². The third-order valence-corrected chi connectivity index (χ3v) is 3.47. The first-order valence-electron chi connectivity index (χ1n) is 5.61. The summed E-state index contributed by atoms with van der Waals surface area (Å²) < 4.78 is 11.9. The number of halogens is 1. The average molecular weight is 320 g/mol. The SMILES string of the molecule is CCCc1nc(Br)cc(NC(C)CS(C)=O)n1. The van der Waals surface area contributed by atoms with Crippen LogP contribution in [0.1, 0.15) is 26.1 Å². The van der Waals surface area contributed by atoms with Crippen LogP contribution in [0.15, 0.2) is 10.7 Å². The fraction of sp³-hybridized carbons (Fsp3) is 0.636. The van der Waals surface area contributed by atoms with Gasteiger partial charge in [0.2, 0.25) is 0 Å². The van der Waals surface area contributed by atoms with Crippen LogP contribution >= 0.6 is 15.9 Å². The Morgan fingerprint density at radius 3 is 2.82 bits per heavy atom. The first kappa shape index (κ1) is 14.6. The van der Waals surface area contributed by atoms with E-state index in [4.69, 9.17) is 0 Å². The summed E-state index contributed by atoms with van der Waals surface area (Å²) in [6, 6.07) is 1.98. The Bertz CT molecular complexity index is 400. The molecule has 0 saturated heterocycles. The lowest BCUT2D eigenvalue weighted by molar-refractivity contribution is 0.682. The van der Waals surface area contributed by atoms with Crippen molar-refractivity contribution in [3.05, 3.63) is 16.5 Å². The van der Waals surface area contributed by atoms with Gasteiger partial charge in [-0.05, 0) is 29.3 Å². The monoisotopic (exact) mass is 319 g/mol. The second-order valence-corrected chi connectivity index (χ2v) is 6.32. The van der Waals surface area contributed by atoms with Gasteiger partial charge in [0.25, 0.3) is 0 Å². The van der Waals surface area contributed by atoms with Gasteiger partial charge in [0.15, 0.2) is 0 Å². The van der Waals surface area contributed by atoms with Gasteiger partial charge in [-0.15, -0.1) is 0 Å². The van der Waals surface area contributed by atoms with Crippen molar-refractivity contribution in [2.45, 2.75) is 32.7 Å². The van der Waals surface area contributed by atoms with Gasteiger partial charge < -0.3 is 5.32 Å². The van der Waals surface area contributed by atoms with Crippen molar-refractivity contribution in [1.82, 2.24) is 9.97 Å². The van der Waals surface area contributed by atoms with Gasteiger partial charge in [-0.25, -0.2) is 9.97 Å². The molecule has 0 aliphatic carbocycles. The highest BCUT2D eigenvalue weighted by atomic mass is 79.9. The molecule has 96 valence electrons. The summed E-state index contributed by atoms with van der Waals surface area (Å²) in [7, 11) is -0.801. The lowest BCUT2D eigenvalue weighted by Gasteiger charge is -2.13. The molecule has 0 bridgehead atoms. The molecule has 2 atom stereocenters. The molecule has 1 heterocycles. The molecule has 2 unspecified atom stereocenters. The van der Waals surface area contributed by atoms with Crippen LogP contribution in [-0.4, -0.2) is 32.2 Å². The number of aryl methyl sites for hydroxylation is 1. The minimum Gasteiger partial charge on any atom is -0.367 e. The Kier molecular flexibility index (Phi) is 6.05. The molecule has 0 saturated carbocycles. The first-order chi connectivity index (χ1) is 8.01. The number of aromatic nitrogens is 2. The fourth-order valence-electron chi connectivity index (χ4n) is 1.52. The zero-order valence-corrected chi connectivity index (χ0v) is 12.8. The fourth-order valence-corrected chi connectivity index (χ4v) is 2.73. The molecule has 0 aromatic carbocycles. The Labute approximate surface area is 113 Å². The Morgan fingerprint density at radius 1 is 1.53 bits per heavy atom. The molecule has 4 nitrogen and oxygen atoms in total. The summed E-state index contributed by atoms with van der Waals surface area (Å²) in [6.45, 7) is 4.09. The number of nitrogens with zero attached hydrogens (tertiary/aromatic N) is 2. The number of nitrogens with one attached hydrogen (secondary N) is 1. The van der Waals surface area contributed by atoms with E-state index in [2.05, 4.69) is 38.1 Å². The zero-order valence-electron chi connectivity index (χ0n) is 10.4. The van der Waals surface area contributed by atoms with Gasteiger partial charge in [-0.3, -0.25) is 4.21 Å².